The number of pyridine rings is 1. The van der Waals surface area contributed by atoms with Gasteiger partial charge in [0.2, 0.25) is 0 Å². The number of benzene rings is 2. The van der Waals surface area contributed by atoms with E-state index in [1.54, 1.807) is 26.5 Å². The van der Waals surface area contributed by atoms with Crippen molar-refractivity contribution in [2.45, 2.75) is 19.9 Å². The molecule has 0 spiro atoms. The highest BCUT2D eigenvalue weighted by molar-refractivity contribution is 5.96. The first kappa shape index (κ1) is 17.7. The molecule has 0 saturated carbocycles. The zero-order valence-electron chi connectivity index (χ0n) is 15.4. The number of fused-ring (bicyclic) bond motifs is 1. The Morgan fingerprint density at radius 3 is 2.46 bits per heavy atom. The zero-order valence-corrected chi connectivity index (χ0v) is 15.4. The molecule has 1 aromatic heterocycles. The smallest absolute Gasteiger partial charge is 0.252 e. The van der Waals surface area contributed by atoms with E-state index in [0.29, 0.717) is 11.3 Å². The fraction of sp³-hybridized carbons (Fsp3) is 0.238. The summed E-state index contributed by atoms with van der Waals surface area (Å²) in [6.07, 6.45) is 1.75. The molecule has 1 unspecified atom stereocenters. The topological polar surface area (TPSA) is 60.5 Å². The molecule has 134 valence electrons. The molecular formula is C21H22N2O3. The van der Waals surface area contributed by atoms with E-state index in [2.05, 4.69) is 10.3 Å². The minimum Gasteiger partial charge on any atom is -0.497 e. The van der Waals surface area contributed by atoms with Gasteiger partial charge in [-0.05, 0) is 55.1 Å². The molecule has 1 heterocycles. The monoisotopic (exact) mass is 350 g/mol. The Morgan fingerprint density at radius 1 is 1.04 bits per heavy atom. The number of carbonyl (C=O) groups is 1. The molecule has 0 bridgehead atoms. The summed E-state index contributed by atoms with van der Waals surface area (Å²) >= 11 is 0. The van der Waals surface area contributed by atoms with Crippen LogP contribution in [0.5, 0.6) is 11.5 Å². The number of nitrogens with one attached hydrogen (secondary N) is 1. The maximum atomic E-state index is 12.8. The Morgan fingerprint density at radius 2 is 1.73 bits per heavy atom. The van der Waals surface area contributed by atoms with E-state index in [-0.39, 0.29) is 11.9 Å². The maximum Gasteiger partial charge on any atom is 0.252 e. The van der Waals surface area contributed by atoms with Crippen LogP contribution in [0, 0.1) is 6.92 Å². The van der Waals surface area contributed by atoms with E-state index in [9.17, 15) is 4.79 Å². The lowest BCUT2D eigenvalue weighted by Gasteiger charge is -2.17. The van der Waals surface area contributed by atoms with Crippen LogP contribution in [0.4, 0.5) is 0 Å². The molecule has 0 aliphatic heterocycles. The lowest BCUT2D eigenvalue weighted by molar-refractivity contribution is 0.0938. The van der Waals surface area contributed by atoms with Crippen molar-refractivity contribution in [1.29, 1.82) is 0 Å². The standard InChI is InChI=1S/C21H22N2O3/c1-13-5-7-16(25-3)11-18(13)21(24)23-14(2)20-19-12-17(26-4)8-6-15(19)9-10-22-20/h5-12,14H,1-4H3,(H,23,24). The Hall–Kier alpha value is -3.08. The average molecular weight is 350 g/mol. The van der Waals surface area contributed by atoms with E-state index in [4.69, 9.17) is 9.47 Å². The molecule has 1 N–H and O–H groups in total. The lowest BCUT2D eigenvalue weighted by atomic mass is 10.0. The molecule has 0 saturated heterocycles. The van der Waals surface area contributed by atoms with Gasteiger partial charge in [0, 0.05) is 17.1 Å². The Labute approximate surface area is 153 Å². The van der Waals surface area contributed by atoms with Gasteiger partial charge < -0.3 is 14.8 Å². The summed E-state index contributed by atoms with van der Waals surface area (Å²) < 4.78 is 10.5. The Kier molecular flexibility index (Phi) is 5.07. The minimum atomic E-state index is -0.260. The van der Waals surface area contributed by atoms with Crippen LogP contribution in [0.2, 0.25) is 0 Å². The van der Waals surface area contributed by atoms with Crippen LogP contribution in [-0.2, 0) is 0 Å². The number of hydrogen-bond donors (Lipinski definition) is 1. The molecule has 0 aliphatic rings. The van der Waals surface area contributed by atoms with Gasteiger partial charge in [-0.3, -0.25) is 9.78 Å². The van der Waals surface area contributed by atoms with Gasteiger partial charge in [-0.1, -0.05) is 12.1 Å². The maximum absolute atomic E-state index is 12.8. The number of methoxy groups -OCH3 is 2. The number of amides is 1. The molecule has 3 rings (SSSR count). The van der Waals surface area contributed by atoms with E-state index in [1.807, 2.05) is 50.2 Å². The van der Waals surface area contributed by atoms with Gasteiger partial charge in [-0.2, -0.15) is 0 Å². The first-order chi connectivity index (χ1) is 12.5. The molecule has 0 fully saturated rings. The lowest BCUT2D eigenvalue weighted by Crippen LogP contribution is -2.28. The van der Waals surface area contributed by atoms with Crippen molar-refractivity contribution in [2.75, 3.05) is 14.2 Å². The van der Waals surface area contributed by atoms with Crippen molar-refractivity contribution in [1.82, 2.24) is 10.3 Å². The van der Waals surface area contributed by atoms with Crippen LogP contribution >= 0.6 is 0 Å². The van der Waals surface area contributed by atoms with Crippen molar-refractivity contribution >= 4 is 16.7 Å². The fourth-order valence-electron chi connectivity index (χ4n) is 2.96. The predicted molar refractivity (Wildman–Crippen MR) is 102 cm³/mol. The quantitative estimate of drug-likeness (QED) is 0.754. The van der Waals surface area contributed by atoms with Gasteiger partial charge in [-0.25, -0.2) is 0 Å². The van der Waals surface area contributed by atoms with Crippen LogP contribution in [0.15, 0.2) is 48.7 Å². The molecule has 1 amide bonds. The number of aryl methyl sites for hydroxylation is 1. The van der Waals surface area contributed by atoms with Gasteiger partial charge in [0.1, 0.15) is 11.5 Å². The van der Waals surface area contributed by atoms with E-state index < -0.39 is 0 Å². The number of rotatable bonds is 5. The van der Waals surface area contributed by atoms with Crippen molar-refractivity contribution in [3.8, 4) is 11.5 Å². The molecule has 5 heteroatoms. The number of aromatic nitrogens is 1. The first-order valence-electron chi connectivity index (χ1n) is 8.41. The Balaban J connectivity index is 1.92. The van der Waals surface area contributed by atoms with Gasteiger partial charge in [0.25, 0.3) is 5.91 Å². The third kappa shape index (κ3) is 3.47. The summed E-state index contributed by atoms with van der Waals surface area (Å²) in [5.41, 5.74) is 2.28. The molecule has 0 aliphatic carbocycles. The summed E-state index contributed by atoms with van der Waals surface area (Å²) in [4.78, 5) is 17.2. The van der Waals surface area contributed by atoms with Crippen LogP contribution < -0.4 is 14.8 Å². The summed E-state index contributed by atoms with van der Waals surface area (Å²) in [5.74, 6) is 1.26. The van der Waals surface area contributed by atoms with Crippen molar-refractivity contribution in [2.24, 2.45) is 0 Å². The number of carbonyl (C=O) groups excluding carboxylic acids is 1. The van der Waals surface area contributed by atoms with Crippen LogP contribution in [-0.4, -0.2) is 25.1 Å². The Bertz CT molecular complexity index is 953. The third-order valence-corrected chi connectivity index (χ3v) is 4.45. The first-order valence-corrected chi connectivity index (χ1v) is 8.41. The molecule has 5 nitrogen and oxygen atoms in total. The second-order valence-corrected chi connectivity index (χ2v) is 6.16. The predicted octanol–water partition coefficient (Wildman–Crippen LogP) is 4.05. The second kappa shape index (κ2) is 7.44. The van der Waals surface area contributed by atoms with Gasteiger partial charge in [-0.15, -0.1) is 0 Å². The van der Waals surface area contributed by atoms with Crippen LogP contribution in [0.3, 0.4) is 0 Å². The summed E-state index contributed by atoms with van der Waals surface area (Å²) in [5, 5.41) is 5.05. The van der Waals surface area contributed by atoms with E-state index >= 15 is 0 Å². The highest BCUT2D eigenvalue weighted by Crippen LogP contribution is 2.26. The number of ether oxygens (including phenoxy) is 2. The molecular weight excluding hydrogens is 328 g/mol. The van der Waals surface area contributed by atoms with Crippen molar-refractivity contribution < 1.29 is 14.3 Å². The molecule has 0 radical (unpaired) electrons. The average Bonchev–Trinajstić information content (AvgIpc) is 2.67. The highest BCUT2D eigenvalue weighted by Gasteiger charge is 2.17. The zero-order chi connectivity index (χ0) is 18.7. The van der Waals surface area contributed by atoms with Gasteiger partial charge in [0.15, 0.2) is 0 Å². The van der Waals surface area contributed by atoms with Crippen molar-refractivity contribution in [3.05, 3.63) is 65.5 Å². The normalized spacial score (nSPS) is 11.8. The molecule has 2 aromatic carbocycles. The minimum absolute atomic E-state index is 0.157. The SMILES string of the molecule is COc1ccc(C)c(C(=O)NC(C)c2nccc3ccc(OC)cc23)c1. The van der Waals surface area contributed by atoms with Gasteiger partial charge in [0.05, 0.1) is 26.0 Å². The highest BCUT2D eigenvalue weighted by atomic mass is 16.5. The summed E-state index contributed by atoms with van der Waals surface area (Å²) in [7, 11) is 3.22. The number of hydrogen-bond acceptors (Lipinski definition) is 4. The van der Waals surface area contributed by atoms with Gasteiger partial charge >= 0.3 is 0 Å². The van der Waals surface area contributed by atoms with Crippen molar-refractivity contribution in [3.63, 3.8) is 0 Å². The second-order valence-electron chi connectivity index (χ2n) is 6.16. The fourth-order valence-corrected chi connectivity index (χ4v) is 2.96. The van der Waals surface area contributed by atoms with Crippen LogP contribution in [0.25, 0.3) is 10.8 Å². The largest absolute Gasteiger partial charge is 0.497 e. The third-order valence-electron chi connectivity index (χ3n) is 4.45. The number of nitrogens with zero attached hydrogens (tertiary/aromatic N) is 1. The summed E-state index contributed by atoms with van der Waals surface area (Å²) in [6.45, 7) is 3.83. The molecule has 3 aromatic rings. The van der Waals surface area contributed by atoms with E-state index in [0.717, 1.165) is 27.8 Å². The van der Waals surface area contributed by atoms with Crippen LogP contribution in [0.1, 0.15) is 34.6 Å². The van der Waals surface area contributed by atoms with E-state index in [1.165, 1.54) is 0 Å². The molecule has 1 atom stereocenters. The summed E-state index contributed by atoms with van der Waals surface area (Å²) in [6, 6.07) is 13.0. The molecule has 26 heavy (non-hydrogen) atoms.